The summed E-state index contributed by atoms with van der Waals surface area (Å²) in [5, 5.41) is 13.0. The van der Waals surface area contributed by atoms with Crippen LogP contribution in [0.1, 0.15) is 30.1 Å². The molecule has 2 unspecified atom stereocenters. The van der Waals surface area contributed by atoms with E-state index < -0.39 is 17.4 Å². The summed E-state index contributed by atoms with van der Waals surface area (Å²) >= 11 is 0. The van der Waals surface area contributed by atoms with Crippen molar-refractivity contribution in [3.8, 4) is 5.75 Å². The average molecular weight is 355 g/mol. The van der Waals surface area contributed by atoms with Gasteiger partial charge in [-0.3, -0.25) is 15.0 Å². The third-order valence-electron chi connectivity index (χ3n) is 4.57. The van der Waals surface area contributed by atoms with Gasteiger partial charge in [-0.15, -0.1) is 0 Å². The number of fused-ring (bicyclic) bond motifs is 1. The molecule has 0 saturated heterocycles. The molecule has 0 spiro atoms. The van der Waals surface area contributed by atoms with E-state index in [2.05, 4.69) is 11.7 Å². The van der Waals surface area contributed by atoms with Gasteiger partial charge >= 0.3 is 5.97 Å². The van der Waals surface area contributed by atoms with Crippen molar-refractivity contribution in [1.82, 2.24) is 5.01 Å². The number of hydrazone groups is 1. The van der Waals surface area contributed by atoms with Crippen molar-refractivity contribution in [3.63, 3.8) is 0 Å². The Kier molecular flexibility index (Phi) is 4.37. The molecule has 8 nitrogen and oxygen atoms in total. The summed E-state index contributed by atoms with van der Waals surface area (Å²) in [6, 6.07) is 6.34. The van der Waals surface area contributed by atoms with Gasteiger partial charge in [-0.1, -0.05) is 18.7 Å². The number of hydrogen-bond donors (Lipinski definition) is 3. The van der Waals surface area contributed by atoms with Gasteiger partial charge in [-0.2, -0.15) is 5.10 Å². The predicted octanol–water partition coefficient (Wildman–Crippen LogP) is 1.02. The van der Waals surface area contributed by atoms with E-state index in [9.17, 15) is 9.59 Å². The molecule has 1 amide bonds. The lowest BCUT2D eigenvalue weighted by Gasteiger charge is -2.21. The number of para-hydroxylation sites is 1. The van der Waals surface area contributed by atoms with Crippen molar-refractivity contribution in [3.05, 3.63) is 42.0 Å². The molecule has 8 heteroatoms. The van der Waals surface area contributed by atoms with Gasteiger partial charge in [0.1, 0.15) is 18.1 Å². The van der Waals surface area contributed by atoms with E-state index in [1.807, 2.05) is 0 Å². The SMILES string of the molecule is C=C1CC2CC2(N)/C1=N/N(CC(=N)N)C(=O)c1ccccc1OC(C)=O. The Morgan fingerprint density at radius 3 is 2.73 bits per heavy atom. The number of nitrogens with one attached hydrogen (secondary N) is 1. The van der Waals surface area contributed by atoms with E-state index in [1.165, 1.54) is 19.1 Å². The zero-order chi connectivity index (χ0) is 19.1. The Bertz CT molecular complexity index is 847. The van der Waals surface area contributed by atoms with E-state index in [-0.39, 0.29) is 23.7 Å². The zero-order valence-corrected chi connectivity index (χ0v) is 14.5. The third kappa shape index (κ3) is 3.23. The number of rotatable bonds is 5. The van der Waals surface area contributed by atoms with Crippen molar-refractivity contribution in [1.29, 1.82) is 5.41 Å². The molecule has 1 aromatic rings. The highest BCUT2D eigenvalue weighted by atomic mass is 16.5. The maximum atomic E-state index is 13.0. The first kappa shape index (κ1) is 17.8. The molecule has 1 aromatic carbocycles. The number of hydrogen-bond acceptors (Lipinski definition) is 6. The van der Waals surface area contributed by atoms with Crippen LogP contribution in [-0.4, -0.2) is 40.5 Å². The van der Waals surface area contributed by atoms with Crippen LogP contribution in [-0.2, 0) is 4.79 Å². The van der Waals surface area contributed by atoms with E-state index in [0.29, 0.717) is 11.6 Å². The third-order valence-corrected chi connectivity index (χ3v) is 4.57. The molecule has 0 bridgehead atoms. The second kappa shape index (κ2) is 6.38. The molecule has 2 aliphatic rings. The summed E-state index contributed by atoms with van der Waals surface area (Å²) in [6.45, 7) is 5.03. The fourth-order valence-corrected chi connectivity index (χ4v) is 3.24. The van der Waals surface area contributed by atoms with Crippen LogP contribution >= 0.6 is 0 Å². The van der Waals surface area contributed by atoms with Gasteiger partial charge < -0.3 is 16.2 Å². The van der Waals surface area contributed by atoms with Crippen molar-refractivity contribution in [2.24, 2.45) is 22.5 Å². The van der Waals surface area contributed by atoms with Crippen LogP contribution in [0.15, 0.2) is 41.5 Å². The van der Waals surface area contributed by atoms with Gasteiger partial charge in [0.2, 0.25) is 0 Å². The van der Waals surface area contributed by atoms with Crippen LogP contribution in [0, 0.1) is 11.3 Å². The van der Waals surface area contributed by atoms with E-state index >= 15 is 0 Å². The molecule has 0 aliphatic heterocycles. The zero-order valence-electron chi connectivity index (χ0n) is 14.5. The number of amides is 1. The Hall–Kier alpha value is -3.00. The van der Waals surface area contributed by atoms with Gasteiger partial charge in [0, 0.05) is 6.92 Å². The molecule has 2 fully saturated rings. The molecule has 0 aromatic heterocycles. The second-order valence-corrected chi connectivity index (χ2v) is 6.68. The molecule has 0 radical (unpaired) electrons. The highest BCUT2D eigenvalue weighted by Gasteiger charge is 2.60. The monoisotopic (exact) mass is 355 g/mol. The van der Waals surface area contributed by atoms with Crippen LogP contribution in [0.5, 0.6) is 5.75 Å². The van der Waals surface area contributed by atoms with Gasteiger partial charge in [0.15, 0.2) is 0 Å². The Morgan fingerprint density at radius 2 is 2.15 bits per heavy atom. The highest BCUT2D eigenvalue weighted by Crippen LogP contribution is 2.53. The summed E-state index contributed by atoms with van der Waals surface area (Å²) in [7, 11) is 0. The fourth-order valence-electron chi connectivity index (χ4n) is 3.24. The number of carbonyl (C=O) groups is 2. The summed E-state index contributed by atoms with van der Waals surface area (Å²) < 4.78 is 5.10. The lowest BCUT2D eigenvalue weighted by Crippen LogP contribution is -2.39. The first-order chi connectivity index (χ1) is 12.2. The Labute approximate surface area is 151 Å². The summed E-state index contributed by atoms with van der Waals surface area (Å²) in [6.07, 6.45) is 1.55. The van der Waals surface area contributed by atoms with E-state index in [1.54, 1.807) is 12.1 Å². The maximum absolute atomic E-state index is 13.0. The van der Waals surface area contributed by atoms with Crippen molar-refractivity contribution < 1.29 is 14.3 Å². The minimum absolute atomic E-state index is 0.121. The van der Waals surface area contributed by atoms with Gasteiger partial charge in [-0.25, -0.2) is 5.01 Å². The number of carbonyl (C=O) groups excluding carboxylic acids is 2. The summed E-state index contributed by atoms with van der Waals surface area (Å²) in [5.74, 6) is -0.882. The first-order valence-electron chi connectivity index (χ1n) is 8.20. The lowest BCUT2D eigenvalue weighted by molar-refractivity contribution is -0.131. The largest absolute Gasteiger partial charge is 0.426 e. The molecular weight excluding hydrogens is 334 g/mol. The molecule has 3 rings (SSSR count). The fraction of sp³-hybridized carbons (Fsp3) is 0.333. The molecule has 2 saturated carbocycles. The number of amidine groups is 1. The van der Waals surface area contributed by atoms with Crippen LogP contribution in [0.25, 0.3) is 0 Å². The predicted molar refractivity (Wildman–Crippen MR) is 96.9 cm³/mol. The second-order valence-electron chi connectivity index (χ2n) is 6.68. The molecule has 0 heterocycles. The molecule has 26 heavy (non-hydrogen) atoms. The van der Waals surface area contributed by atoms with Crippen molar-refractivity contribution in [2.45, 2.75) is 25.3 Å². The van der Waals surface area contributed by atoms with Gasteiger partial charge in [0.25, 0.3) is 5.91 Å². The first-order valence-corrected chi connectivity index (χ1v) is 8.20. The van der Waals surface area contributed by atoms with Gasteiger partial charge in [-0.05, 0) is 36.5 Å². The van der Waals surface area contributed by atoms with Crippen LogP contribution in [0.2, 0.25) is 0 Å². The molecular formula is C18H21N5O3. The number of nitrogens with two attached hydrogens (primary N) is 2. The quantitative estimate of drug-likeness (QED) is 0.238. The standard InChI is InChI=1S/C18H21N5O3/c1-10-7-12-8-18(12,21)16(10)22-23(9-15(19)20)17(25)13-5-3-4-6-14(13)26-11(2)24/h3-6,12H,1,7-9,21H2,2H3,(H3,19,20)/b22-16+. The molecule has 5 N–H and O–H groups in total. The van der Waals surface area contributed by atoms with Crippen LogP contribution in [0.3, 0.4) is 0 Å². The normalized spacial score (nSPS) is 24.9. The van der Waals surface area contributed by atoms with E-state index in [0.717, 1.165) is 23.4 Å². The Balaban J connectivity index is 1.96. The number of ether oxygens (including phenoxy) is 1. The number of esters is 1. The highest BCUT2D eigenvalue weighted by molar-refractivity contribution is 6.12. The van der Waals surface area contributed by atoms with Gasteiger partial charge in [0.05, 0.1) is 16.8 Å². The smallest absolute Gasteiger partial charge is 0.308 e. The topological polar surface area (TPSA) is 135 Å². The van der Waals surface area contributed by atoms with Crippen LogP contribution < -0.4 is 16.2 Å². The van der Waals surface area contributed by atoms with Crippen molar-refractivity contribution in [2.75, 3.05) is 6.54 Å². The van der Waals surface area contributed by atoms with E-state index in [4.69, 9.17) is 21.6 Å². The number of nitrogens with zero attached hydrogens (tertiary/aromatic N) is 2. The van der Waals surface area contributed by atoms with Crippen LogP contribution in [0.4, 0.5) is 0 Å². The Morgan fingerprint density at radius 1 is 1.46 bits per heavy atom. The molecule has 2 aliphatic carbocycles. The minimum Gasteiger partial charge on any atom is -0.426 e. The minimum atomic E-state index is -0.554. The summed E-state index contributed by atoms with van der Waals surface area (Å²) in [5.41, 5.74) is 12.8. The summed E-state index contributed by atoms with van der Waals surface area (Å²) in [4.78, 5) is 24.3. The maximum Gasteiger partial charge on any atom is 0.308 e. The lowest BCUT2D eigenvalue weighted by atomic mass is 10.1. The average Bonchev–Trinajstić information content (AvgIpc) is 3.13. The van der Waals surface area contributed by atoms with Crippen molar-refractivity contribution >= 4 is 23.4 Å². The molecule has 2 atom stereocenters. The molecule has 136 valence electrons. The number of benzene rings is 1.